The van der Waals surface area contributed by atoms with E-state index in [9.17, 15) is 4.79 Å². The van der Waals surface area contributed by atoms with Crippen LogP contribution in [0, 0.1) is 17.8 Å². The van der Waals surface area contributed by atoms with Crippen molar-refractivity contribution < 1.29 is 9.53 Å². The van der Waals surface area contributed by atoms with Crippen molar-refractivity contribution in [2.75, 3.05) is 0 Å². The maximum atomic E-state index is 12.1. The summed E-state index contributed by atoms with van der Waals surface area (Å²) in [6.45, 7) is 4.55. The van der Waals surface area contributed by atoms with Gasteiger partial charge in [0.05, 0.1) is 5.92 Å². The fraction of sp³-hybridized carbons (Fsp3) is 0.938. The zero-order valence-electron chi connectivity index (χ0n) is 12.0. The van der Waals surface area contributed by atoms with Crippen LogP contribution in [0.3, 0.4) is 0 Å². The van der Waals surface area contributed by atoms with Gasteiger partial charge in [-0.15, -0.1) is 0 Å². The van der Waals surface area contributed by atoms with E-state index in [2.05, 4.69) is 13.8 Å². The Balaban J connectivity index is 1.72. The zero-order chi connectivity index (χ0) is 13.0. The number of hydrogen-bond donors (Lipinski definition) is 0. The van der Waals surface area contributed by atoms with Crippen LogP contribution in [0.15, 0.2) is 0 Å². The summed E-state index contributed by atoms with van der Waals surface area (Å²) in [5.74, 6) is 1.97. The molecule has 2 aliphatic carbocycles. The fourth-order valence-electron chi connectivity index (χ4n) is 3.41. The molecule has 0 bridgehead atoms. The van der Waals surface area contributed by atoms with Gasteiger partial charge in [-0.2, -0.15) is 0 Å². The summed E-state index contributed by atoms with van der Waals surface area (Å²) in [7, 11) is 0. The van der Waals surface area contributed by atoms with Crippen LogP contribution >= 0.6 is 0 Å². The minimum atomic E-state index is 0.101. The van der Waals surface area contributed by atoms with Crippen molar-refractivity contribution in [3.05, 3.63) is 0 Å². The van der Waals surface area contributed by atoms with Crippen LogP contribution in [0.2, 0.25) is 0 Å². The molecule has 2 aliphatic rings. The number of hydrogen-bond acceptors (Lipinski definition) is 2. The number of rotatable bonds is 3. The summed E-state index contributed by atoms with van der Waals surface area (Å²) in [5, 5.41) is 0. The van der Waals surface area contributed by atoms with E-state index in [1.165, 1.54) is 32.1 Å². The van der Waals surface area contributed by atoms with Crippen molar-refractivity contribution in [2.24, 2.45) is 17.8 Å². The van der Waals surface area contributed by atoms with Crippen LogP contribution in [0.1, 0.15) is 71.6 Å². The van der Waals surface area contributed by atoms with E-state index in [0.29, 0.717) is 0 Å². The predicted octanol–water partition coefficient (Wildman–Crippen LogP) is 4.32. The molecule has 0 spiro atoms. The van der Waals surface area contributed by atoms with E-state index in [4.69, 9.17) is 4.74 Å². The summed E-state index contributed by atoms with van der Waals surface area (Å²) < 4.78 is 5.71. The Morgan fingerprint density at radius 1 is 1.00 bits per heavy atom. The molecule has 2 nitrogen and oxygen atoms in total. The first kappa shape index (κ1) is 13.9. The molecular formula is C16H28O2. The summed E-state index contributed by atoms with van der Waals surface area (Å²) in [5.41, 5.74) is 0. The van der Waals surface area contributed by atoms with Gasteiger partial charge in [0.25, 0.3) is 0 Å². The van der Waals surface area contributed by atoms with Crippen molar-refractivity contribution in [1.29, 1.82) is 0 Å². The molecule has 0 aromatic carbocycles. The van der Waals surface area contributed by atoms with E-state index in [1.807, 2.05) is 0 Å². The van der Waals surface area contributed by atoms with Crippen molar-refractivity contribution in [2.45, 2.75) is 77.7 Å². The molecule has 0 aliphatic heterocycles. The Morgan fingerprint density at radius 3 is 2.17 bits per heavy atom. The monoisotopic (exact) mass is 252 g/mol. The highest BCUT2D eigenvalue weighted by Gasteiger charge is 2.29. The van der Waals surface area contributed by atoms with Crippen LogP contribution in [0.4, 0.5) is 0 Å². The summed E-state index contributed by atoms with van der Waals surface area (Å²) in [4.78, 5) is 12.1. The highest BCUT2D eigenvalue weighted by atomic mass is 16.5. The molecule has 0 amide bonds. The average molecular weight is 252 g/mol. The predicted molar refractivity (Wildman–Crippen MR) is 73.3 cm³/mol. The molecule has 0 N–H and O–H groups in total. The third-order valence-electron chi connectivity index (χ3n) is 5.00. The van der Waals surface area contributed by atoms with Crippen LogP contribution in [-0.4, -0.2) is 12.1 Å². The van der Waals surface area contributed by atoms with Gasteiger partial charge in [-0.25, -0.2) is 0 Å². The molecule has 2 heteroatoms. The summed E-state index contributed by atoms with van der Waals surface area (Å²) >= 11 is 0. The Morgan fingerprint density at radius 2 is 1.61 bits per heavy atom. The van der Waals surface area contributed by atoms with Gasteiger partial charge in [-0.1, -0.05) is 20.3 Å². The lowest BCUT2D eigenvalue weighted by Gasteiger charge is -2.30. The van der Waals surface area contributed by atoms with Crippen molar-refractivity contribution >= 4 is 5.97 Å². The van der Waals surface area contributed by atoms with Gasteiger partial charge >= 0.3 is 5.97 Å². The number of carbonyl (C=O) groups excluding carboxylic acids is 1. The van der Waals surface area contributed by atoms with Gasteiger partial charge in [0, 0.05) is 0 Å². The number of esters is 1. The smallest absolute Gasteiger partial charge is 0.309 e. The molecule has 18 heavy (non-hydrogen) atoms. The van der Waals surface area contributed by atoms with Gasteiger partial charge < -0.3 is 4.74 Å². The highest BCUT2D eigenvalue weighted by molar-refractivity contribution is 5.72. The molecule has 0 atom stereocenters. The number of carbonyl (C=O) groups is 1. The SMILES string of the molecule is CCC1CCC(C(=O)OC2CCC(C)CC2)CC1. The van der Waals surface area contributed by atoms with Gasteiger partial charge in [0.1, 0.15) is 6.10 Å². The molecule has 0 saturated heterocycles. The first-order chi connectivity index (χ1) is 8.69. The maximum Gasteiger partial charge on any atom is 0.309 e. The van der Waals surface area contributed by atoms with Crippen molar-refractivity contribution in [3.8, 4) is 0 Å². The van der Waals surface area contributed by atoms with E-state index < -0.39 is 0 Å². The van der Waals surface area contributed by atoms with Crippen molar-refractivity contribution in [1.82, 2.24) is 0 Å². The topological polar surface area (TPSA) is 26.3 Å². The lowest BCUT2D eigenvalue weighted by molar-refractivity contribution is -0.157. The molecule has 104 valence electrons. The minimum Gasteiger partial charge on any atom is -0.462 e. The Kier molecular flexibility index (Phi) is 5.08. The lowest BCUT2D eigenvalue weighted by atomic mass is 9.81. The van der Waals surface area contributed by atoms with Gasteiger partial charge in [-0.05, 0) is 63.2 Å². The van der Waals surface area contributed by atoms with Gasteiger partial charge in [-0.3, -0.25) is 4.79 Å². The van der Waals surface area contributed by atoms with E-state index in [1.54, 1.807) is 0 Å². The van der Waals surface area contributed by atoms with Crippen LogP contribution in [0.25, 0.3) is 0 Å². The normalized spacial score (nSPS) is 37.2. The van der Waals surface area contributed by atoms with Crippen LogP contribution in [-0.2, 0) is 9.53 Å². The molecule has 0 radical (unpaired) electrons. The van der Waals surface area contributed by atoms with Crippen LogP contribution in [0.5, 0.6) is 0 Å². The molecule has 2 fully saturated rings. The third kappa shape index (κ3) is 3.73. The van der Waals surface area contributed by atoms with E-state index in [0.717, 1.165) is 37.5 Å². The van der Waals surface area contributed by atoms with Crippen LogP contribution < -0.4 is 0 Å². The average Bonchev–Trinajstić information content (AvgIpc) is 2.41. The number of ether oxygens (including phenoxy) is 1. The van der Waals surface area contributed by atoms with Gasteiger partial charge in [0.2, 0.25) is 0 Å². The fourth-order valence-corrected chi connectivity index (χ4v) is 3.41. The molecule has 0 unspecified atom stereocenters. The molecule has 2 rings (SSSR count). The maximum absolute atomic E-state index is 12.1. The lowest BCUT2D eigenvalue weighted by Crippen LogP contribution is -2.29. The first-order valence-corrected chi connectivity index (χ1v) is 7.89. The second-order valence-corrected chi connectivity index (χ2v) is 6.44. The molecule has 2 saturated carbocycles. The quantitative estimate of drug-likeness (QED) is 0.699. The third-order valence-corrected chi connectivity index (χ3v) is 5.00. The Labute approximate surface area is 111 Å². The van der Waals surface area contributed by atoms with Crippen molar-refractivity contribution in [3.63, 3.8) is 0 Å². The molecule has 0 aromatic rings. The standard InChI is InChI=1S/C16H28O2/c1-3-13-6-8-14(9-7-13)16(17)18-15-10-4-12(2)5-11-15/h12-15H,3-11H2,1-2H3. The second-order valence-electron chi connectivity index (χ2n) is 6.44. The highest BCUT2D eigenvalue weighted by Crippen LogP contribution is 2.33. The molecular weight excluding hydrogens is 224 g/mol. The zero-order valence-corrected chi connectivity index (χ0v) is 12.0. The minimum absolute atomic E-state index is 0.101. The van der Waals surface area contributed by atoms with E-state index in [-0.39, 0.29) is 18.0 Å². The summed E-state index contributed by atoms with van der Waals surface area (Å²) in [6, 6.07) is 0. The molecule has 0 aromatic heterocycles. The molecule has 0 heterocycles. The van der Waals surface area contributed by atoms with E-state index >= 15 is 0 Å². The van der Waals surface area contributed by atoms with Gasteiger partial charge in [0.15, 0.2) is 0 Å². The Bertz CT molecular complexity index is 258. The first-order valence-electron chi connectivity index (χ1n) is 7.89. The summed E-state index contributed by atoms with van der Waals surface area (Å²) in [6.07, 6.45) is 10.6. The Hall–Kier alpha value is -0.530. The largest absolute Gasteiger partial charge is 0.462 e. The second kappa shape index (κ2) is 6.58.